The Labute approximate surface area is 288 Å². The molecule has 1 aromatic carbocycles. The Morgan fingerprint density at radius 2 is 1.12 bits per heavy atom. The molecular formula is C25H33I3N4O11. The van der Waals surface area contributed by atoms with Crippen LogP contribution in [0.15, 0.2) is 6.07 Å². The Morgan fingerprint density at radius 1 is 0.698 bits per heavy atom. The predicted molar refractivity (Wildman–Crippen MR) is 178 cm³/mol. The van der Waals surface area contributed by atoms with Gasteiger partial charge in [0.15, 0.2) is 0 Å². The van der Waals surface area contributed by atoms with E-state index < -0.39 is 67.9 Å². The zero-order valence-electron chi connectivity index (χ0n) is 23.1. The number of anilines is 1. The predicted octanol–water partition coefficient (Wildman–Crippen LogP) is 1.34. The summed E-state index contributed by atoms with van der Waals surface area (Å²) < 4.78 is 2.23. The van der Waals surface area contributed by atoms with Gasteiger partial charge in [-0.05, 0) is 92.2 Å². The summed E-state index contributed by atoms with van der Waals surface area (Å²) in [5.74, 6) is -6.97. The molecule has 0 heterocycles. The molecule has 43 heavy (non-hydrogen) atoms. The van der Waals surface area contributed by atoms with Gasteiger partial charge in [0.25, 0.3) is 0 Å². The lowest BCUT2D eigenvalue weighted by Crippen LogP contribution is -2.46. The van der Waals surface area contributed by atoms with Crippen molar-refractivity contribution in [2.45, 2.75) is 19.8 Å². The quantitative estimate of drug-likeness (QED) is 0.0958. The first-order chi connectivity index (χ1) is 20.0. The summed E-state index contributed by atoms with van der Waals surface area (Å²) in [6.45, 7) is -0.820. The number of carboxylic acid groups (broad SMARTS) is 5. The average Bonchev–Trinajstić information content (AvgIpc) is 2.86. The highest BCUT2D eigenvalue weighted by molar-refractivity contribution is 14.1. The second-order valence-corrected chi connectivity index (χ2v) is 12.9. The van der Waals surface area contributed by atoms with E-state index in [1.165, 1.54) is 9.80 Å². The molecular weight excluding hydrogens is 913 g/mol. The van der Waals surface area contributed by atoms with Crippen molar-refractivity contribution >= 4 is 109 Å². The molecule has 0 saturated carbocycles. The molecule has 1 amide bonds. The molecule has 18 heteroatoms. The minimum Gasteiger partial charge on any atom is -0.481 e. The summed E-state index contributed by atoms with van der Waals surface area (Å²) in [7, 11) is 0. The Bertz CT molecular complexity index is 1190. The third-order valence-corrected chi connectivity index (χ3v) is 9.09. The number of nitrogens with zero attached hydrogens (tertiary/aromatic N) is 3. The van der Waals surface area contributed by atoms with E-state index in [2.05, 4.69) is 50.5 Å². The minimum absolute atomic E-state index is 0.00279. The highest BCUT2D eigenvalue weighted by atomic mass is 127. The van der Waals surface area contributed by atoms with Crippen LogP contribution < -0.4 is 5.32 Å². The van der Waals surface area contributed by atoms with Gasteiger partial charge in [-0.3, -0.25) is 43.5 Å². The van der Waals surface area contributed by atoms with Crippen molar-refractivity contribution in [3.05, 3.63) is 22.3 Å². The number of carboxylic acids is 5. The number of amides is 1. The van der Waals surface area contributed by atoms with Crippen molar-refractivity contribution in [1.82, 2.24) is 14.7 Å². The van der Waals surface area contributed by atoms with Gasteiger partial charge in [-0.25, -0.2) is 0 Å². The number of aliphatic carboxylic acids is 5. The summed E-state index contributed by atoms with van der Waals surface area (Å²) in [5.41, 5.74) is 1.25. The molecule has 0 aliphatic rings. The van der Waals surface area contributed by atoms with Crippen LogP contribution in [0.1, 0.15) is 18.9 Å². The van der Waals surface area contributed by atoms with Gasteiger partial charge in [0.05, 0.1) is 44.3 Å². The van der Waals surface area contributed by atoms with E-state index in [0.29, 0.717) is 19.2 Å². The molecule has 240 valence electrons. The van der Waals surface area contributed by atoms with Gasteiger partial charge >= 0.3 is 29.8 Å². The molecule has 0 fully saturated rings. The number of hydrogen-bond acceptors (Lipinski definition) is 9. The summed E-state index contributed by atoms with van der Waals surface area (Å²) >= 11 is 6.22. The zero-order valence-corrected chi connectivity index (χ0v) is 29.6. The smallest absolute Gasteiger partial charge is 0.317 e. The van der Waals surface area contributed by atoms with Gasteiger partial charge in [0, 0.05) is 36.9 Å². The number of hydrogen-bond donors (Lipinski definition) is 6. The Balaban J connectivity index is 3.04. The Kier molecular flexibility index (Phi) is 17.7. The van der Waals surface area contributed by atoms with Gasteiger partial charge in [0.1, 0.15) is 0 Å². The van der Waals surface area contributed by atoms with Crippen LogP contribution in [0.2, 0.25) is 0 Å². The van der Waals surface area contributed by atoms with Crippen molar-refractivity contribution < 1.29 is 54.3 Å². The van der Waals surface area contributed by atoms with E-state index in [1.54, 1.807) is 6.92 Å². The fraction of sp³-hybridized carbons (Fsp3) is 0.520. The van der Waals surface area contributed by atoms with Crippen LogP contribution in [-0.2, 0) is 35.2 Å². The van der Waals surface area contributed by atoms with Gasteiger partial charge < -0.3 is 30.8 Å². The molecule has 0 radical (unpaired) electrons. The lowest BCUT2D eigenvalue weighted by atomic mass is 9.97. The van der Waals surface area contributed by atoms with Crippen LogP contribution in [0, 0.1) is 16.6 Å². The van der Waals surface area contributed by atoms with Crippen LogP contribution in [0.4, 0.5) is 5.69 Å². The van der Waals surface area contributed by atoms with E-state index in [4.69, 9.17) is 10.2 Å². The van der Waals surface area contributed by atoms with Crippen LogP contribution in [-0.4, -0.2) is 135 Å². The monoisotopic (exact) mass is 946 g/mol. The van der Waals surface area contributed by atoms with Crippen LogP contribution >= 0.6 is 67.8 Å². The number of carbonyl (C=O) groups is 6. The molecule has 0 saturated heterocycles. The summed E-state index contributed by atoms with van der Waals surface area (Å²) in [6.07, 6.45) is 0.693. The molecule has 0 aromatic heterocycles. The molecule has 15 nitrogen and oxygen atoms in total. The number of halogens is 3. The van der Waals surface area contributed by atoms with Gasteiger partial charge in [-0.15, -0.1) is 0 Å². The lowest BCUT2D eigenvalue weighted by Gasteiger charge is -2.27. The Morgan fingerprint density at radius 3 is 1.53 bits per heavy atom. The number of rotatable bonds is 21. The minimum atomic E-state index is -1.25. The highest BCUT2D eigenvalue weighted by Gasteiger charge is 2.24. The fourth-order valence-electron chi connectivity index (χ4n) is 4.00. The molecule has 0 bridgehead atoms. The SMILES string of the molecule is CCC(Cc1c(I)cc(I)c(NC(=O)CN(CCN(CCN(CC(=O)O)CC(=O)O)CC(=O)O)CC(=O)O)c1I)C(=O)O. The summed E-state index contributed by atoms with van der Waals surface area (Å²) in [5, 5.41) is 49.1. The van der Waals surface area contributed by atoms with Crippen LogP contribution in [0.25, 0.3) is 0 Å². The maximum absolute atomic E-state index is 13.1. The molecule has 1 atom stereocenters. The summed E-state index contributed by atoms with van der Waals surface area (Å²) in [4.78, 5) is 73.5. The van der Waals surface area contributed by atoms with E-state index in [-0.39, 0.29) is 39.1 Å². The van der Waals surface area contributed by atoms with Crippen molar-refractivity contribution in [3.8, 4) is 0 Å². The number of carbonyl (C=O) groups excluding carboxylic acids is 1. The third-order valence-electron chi connectivity index (χ3n) is 6.09. The van der Waals surface area contributed by atoms with Gasteiger partial charge in [-0.2, -0.15) is 0 Å². The lowest BCUT2D eigenvalue weighted by molar-refractivity contribution is -0.143. The highest BCUT2D eigenvalue weighted by Crippen LogP contribution is 2.33. The second-order valence-electron chi connectivity index (χ2n) is 9.48. The molecule has 1 rings (SSSR count). The van der Waals surface area contributed by atoms with E-state index in [1.807, 2.05) is 28.7 Å². The van der Waals surface area contributed by atoms with E-state index in [0.717, 1.165) is 14.0 Å². The maximum Gasteiger partial charge on any atom is 0.317 e. The van der Waals surface area contributed by atoms with Crippen molar-refractivity contribution in [1.29, 1.82) is 0 Å². The Hall–Kier alpha value is -1.89. The third kappa shape index (κ3) is 15.1. The van der Waals surface area contributed by atoms with Crippen molar-refractivity contribution in [2.24, 2.45) is 5.92 Å². The van der Waals surface area contributed by atoms with Crippen LogP contribution in [0.3, 0.4) is 0 Å². The standard InChI is InChI=1S/C25H33I3N4O11/c1-2-14(25(42)43)7-15-16(26)8-17(27)24(23(15)28)29-18(33)9-31(11-20(36)37)5-3-30(10-19(34)35)4-6-32(12-21(38)39)13-22(40)41/h8,14H,2-7,9-13H2,1H3,(H,29,33)(H,34,35)(H,36,37)(H,38,39)(H,40,41)(H,42,43). The van der Waals surface area contributed by atoms with Gasteiger partial charge in [-0.1, -0.05) is 6.92 Å². The van der Waals surface area contributed by atoms with Crippen molar-refractivity contribution in [3.63, 3.8) is 0 Å². The number of nitrogens with one attached hydrogen (secondary N) is 1. The second kappa shape index (κ2) is 19.5. The molecule has 1 aromatic rings. The largest absolute Gasteiger partial charge is 0.481 e. The average molecular weight is 946 g/mol. The van der Waals surface area contributed by atoms with E-state index in [9.17, 15) is 44.1 Å². The normalized spacial score (nSPS) is 12.0. The zero-order chi connectivity index (χ0) is 32.9. The molecule has 0 aliphatic heterocycles. The van der Waals surface area contributed by atoms with Gasteiger partial charge in [0.2, 0.25) is 5.91 Å². The fourth-order valence-corrected chi connectivity index (χ4v) is 8.08. The molecule has 0 spiro atoms. The molecule has 0 aliphatic carbocycles. The van der Waals surface area contributed by atoms with Crippen LogP contribution in [0.5, 0.6) is 0 Å². The maximum atomic E-state index is 13.1. The molecule has 1 unspecified atom stereocenters. The van der Waals surface area contributed by atoms with E-state index >= 15 is 0 Å². The van der Waals surface area contributed by atoms with Crippen molar-refractivity contribution in [2.75, 3.05) is 64.2 Å². The first kappa shape index (κ1) is 39.1. The number of benzene rings is 1. The molecule has 6 N–H and O–H groups in total. The first-order valence-electron chi connectivity index (χ1n) is 12.8. The first-order valence-corrected chi connectivity index (χ1v) is 16.0. The topological polar surface area (TPSA) is 225 Å². The summed E-state index contributed by atoms with van der Waals surface area (Å²) in [6, 6.07) is 1.82.